The number of nitrogens with two attached hydrogens (primary N) is 1. The Labute approximate surface area is 98.6 Å². The van der Waals surface area contributed by atoms with Crippen molar-refractivity contribution in [2.75, 3.05) is 14.1 Å². The first kappa shape index (κ1) is 13.5. The smallest absolute Gasteiger partial charge is 0.324 e. The van der Waals surface area contributed by atoms with Gasteiger partial charge in [0.1, 0.15) is 13.4 Å². The largest absolute Gasteiger partial charge is 0.480 e. The Morgan fingerprint density at radius 1 is 1.62 bits per heavy atom. The third-order valence-corrected chi connectivity index (χ3v) is 3.89. The molecule has 0 aromatic heterocycles. The maximum Gasteiger partial charge on any atom is 0.324 e. The number of carboxylic acid groups (broad SMARTS) is 1. The van der Waals surface area contributed by atoms with Crippen molar-refractivity contribution < 1.29 is 9.90 Å². The topological polar surface area (TPSA) is 66.6 Å². The van der Waals surface area contributed by atoms with Crippen LogP contribution in [0.15, 0.2) is 0 Å². The van der Waals surface area contributed by atoms with Crippen molar-refractivity contribution in [3.05, 3.63) is 0 Å². The van der Waals surface area contributed by atoms with E-state index in [1.54, 1.807) is 0 Å². The average molecular weight is 226 g/mol. The molecular formula is C11H23BN2O2. The Balaban J connectivity index is 2.75. The van der Waals surface area contributed by atoms with E-state index in [-0.39, 0.29) is 5.92 Å². The molecule has 92 valence electrons. The summed E-state index contributed by atoms with van der Waals surface area (Å²) in [5.74, 6) is -0.713. The van der Waals surface area contributed by atoms with Crippen LogP contribution >= 0.6 is 0 Å². The summed E-state index contributed by atoms with van der Waals surface area (Å²) < 4.78 is 0. The summed E-state index contributed by atoms with van der Waals surface area (Å²) in [6.45, 7) is 0. The maximum absolute atomic E-state index is 11.3. The molecule has 0 unspecified atom stereocenters. The van der Waals surface area contributed by atoms with Gasteiger partial charge in [0.25, 0.3) is 0 Å². The summed E-state index contributed by atoms with van der Waals surface area (Å²) in [4.78, 5) is 13.4. The summed E-state index contributed by atoms with van der Waals surface area (Å²) in [6.07, 6.45) is 4.58. The van der Waals surface area contributed by atoms with E-state index in [2.05, 4.69) is 12.7 Å². The van der Waals surface area contributed by atoms with Crippen molar-refractivity contribution in [2.45, 2.75) is 43.6 Å². The van der Waals surface area contributed by atoms with E-state index in [4.69, 9.17) is 5.73 Å². The van der Waals surface area contributed by atoms with Crippen molar-refractivity contribution in [3.63, 3.8) is 0 Å². The van der Waals surface area contributed by atoms with Gasteiger partial charge in [-0.2, -0.15) is 0 Å². The quantitative estimate of drug-likeness (QED) is 0.644. The van der Waals surface area contributed by atoms with Crippen LogP contribution in [0.3, 0.4) is 0 Å². The molecule has 1 rings (SSSR count). The summed E-state index contributed by atoms with van der Waals surface area (Å²) in [7, 11) is 6.11. The molecule has 0 amide bonds. The molecule has 0 saturated heterocycles. The van der Waals surface area contributed by atoms with Crippen molar-refractivity contribution in [1.29, 1.82) is 0 Å². The number of rotatable bonds is 5. The van der Waals surface area contributed by atoms with Crippen molar-refractivity contribution >= 4 is 13.8 Å². The highest BCUT2D eigenvalue weighted by atomic mass is 16.4. The molecule has 1 saturated carbocycles. The third kappa shape index (κ3) is 2.58. The zero-order valence-electron chi connectivity index (χ0n) is 10.6. The SMILES string of the molecule is BCCC[C@H]1C[C@H](N(C)C)C[C@@]1(N)C(=O)O. The number of carboxylic acids is 1. The van der Waals surface area contributed by atoms with E-state index < -0.39 is 11.5 Å². The molecule has 4 nitrogen and oxygen atoms in total. The highest BCUT2D eigenvalue weighted by Crippen LogP contribution is 2.39. The summed E-state index contributed by atoms with van der Waals surface area (Å²) >= 11 is 0. The van der Waals surface area contributed by atoms with Crippen LogP contribution in [0.5, 0.6) is 0 Å². The van der Waals surface area contributed by atoms with Crippen molar-refractivity contribution in [2.24, 2.45) is 11.7 Å². The highest BCUT2D eigenvalue weighted by Gasteiger charge is 2.50. The van der Waals surface area contributed by atoms with Crippen LogP contribution in [0.2, 0.25) is 6.32 Å². The molecule has 3 atom stereocenters. The fourth-order valence-electron chi connectivity index (χ4n) is 2.66. The molecule has 1 aliphatic rings. The number of carbonyl (C=O) groups is 1. The van der Waals surface area contributed by atoms with Crippen LogP contribution in [0.4, 0.5) is 0 Å². The number of aliphatic carboxylic acids is 1. The monoisotopic (exact) mass is 226 g/mol. The molecule has 3 N–H and O–H groups in total. The normalized spacial score (nSPS) is 34.5. The number of nitrogens with zero attached hydrogens (tertiary/aromatic N) is 1. The highest BCUT2D eigenvalue weighted by molar-refractivity contribution is 6.08. The molecule has 1 aliphatic carbocycles. The molecule has 0 aromatic carbocycles. The van der Waals surface area contributed by atoms with Gasteiger partial charge < -0.3 is 15.7 Å². The summed E-state index contributed by atoms with van der Waals surface area (Å²) in [6, 6.07) is 0.308. The lowest BCUT2D eigenvalue weighted by Gasteiger charge is -2.26. The molecule has 0 aromatic rings. The van der Waals surface area contributed by atoms with E-state index in [1.165, 1.54) is 0 Å². The van der Waals surface area contributed by atoms with Crippen LogP contribution < -0.4 is 5.73 Å². The van der Waals surface area contributed by atoms with Crippen molar-refractivity contribution in [1.82, 2.24) is 4.90 Å². The zero-order chi connectivity index (χ0) is 12.3. The van der Waals surface area contributed by atoms with E-state index >= 15 is 0 Å². The zero-order valence-corrected chi connectivity index (χ0v) is 10.6. The van der Waals surface area contributed by atoms with Gasteiger partial charge in [0, 0.05) is 6.04 Å². The van der Waals surface area contributed by atoms with Gasteiger partial charge in [-0.05, 0) is 39.3 Å². The Hall–Kier alpha value is -0.545. The van der Waals surface area contributed by atoms with Gasteiger partial charge >= 0.3 is 5.97 Å². The lowest BCUT2D eigenvalue weighted by Crippen LogP contribution is -2.51. The van der Waals surface area contributed by atoms with Crippen LogP contribution in [0, 0.1) is 5.92 Å². The summed E-state index contributed by atoms with van der Waals surface area (Å²) in [5.41, 5.74) is 5.08. The minimum atomic E-state index is -1.01. The maximum atomic E-state index is 11.3. The Morgan fingerprint density at radius 2 is 2.25 bits per heavy atom. The predicted molar refractivity (Wildman–Crippen MR) is 67.3 cm³/mol. The van der Waals surface area contributed by atoms with E-state index in [9.17, 15) is 9.90 Å². The minimum absolute atomic E-state index is 0.123. The van der Waals surface area contributed by atoms with Crippen LogP contribution in [-0.2, 0) is 4.79 Å². The predicted octanol–water partition coefficient (Wildman–Crippen LogP) is -0.0597. The first-order valence-electron chi connectivity index (χ1n) is 6.10. The third-order valence-electron chi connectivity index (χ3n) is 3.89. The first-order valence-corrected chi connectivity index (χ1v) is 6.10. The van der Waals surface area contributed by atoms with E-state index in [0.29, 0.717) is 12.5 Å². The molecule has 0 aliphatic heterocycles. The van der Waals surface area contributed by atoms with Gasteiger partial charge in [-0.1, -0.05) is 12.7 Å². The molecule has 1 fully saturated rings. The second-order valence-electron chi connectivity index (χ2n) is 5.24. The molecule has 0 heterocycles. The van der Waals surface area contributed by atoms with E-state index in [0.717, 1.165) is 25.6 Å². The number of hydrogen-bond donors (Lipinski definition) is 2. The van der Waals surface area contributed by atoms with Gasteiger partial charge in [0.2, 0.25) is 0 Å². The van der Waals surface area contributed by atoms with Crippen LogP contribution in [0.25, 0.3) is 0 Å². The fraction of sp³-hybridized carbons (Fsp3) is 0.909. The van der Waals surface area contributed by atoms with Crippen LogP contribution in [-0.4, -0.2) is 49.5 Å². The lowest BCUT2D eigenvalue weighted by atomic mass is 9.83. The second kappa shape index (κ2) is 5.19. The molecule has 0 spiro atoms. The fourth-order valence-corrected chi connectivity index (χ4v) is 2.66. The standard InChI is InChI=1S/C11H23BN2O2/c1-14(2)9-6-8(4-3-5-12)11(13,7-9)10(15)16/h8-9H,3-7,12-13H2,1-2H3,(H,15,16)/t8-,9-,11-/m0/s1. The van der Waals surface area contributed by atoms with Gasteiger partial charge in [0.05, 0.1) is 0 Å². The van der Waals surface area contributed by atoms with Gasteiger partial charge in [0.15, 0.2) is 0 Å². The summed E-state index contributed by atoms with van der Waals surface area (Å²) in [5, 5.41) is 9.30. The van der Waals surface area contributed by atoms with Gasteiger partial charge in [-0.25, -0.2) is 0 Å². The second-order valence-corrected chi connectivity index (χ2v) is 5.24. The number of hydrogen-bond acceptors (Lipinski definition) is 3. The molecular weight excluding hydrogens is 203 g/mol. The molecule has 16 heavy (non-hydrogen) atoms. The Kier molecular flexibility index (Phi) is 4.39. The van der Waals surface area contributed by atoms with Crippen LogP contribution in [0.1, 0.15) is 25.7 Å². The van der Waals surface area contributed by atoms with Crippen molar-refractivity contribution in [3.8, 4) is 0 Å². The average Bonchev–Trinajstić information content (AvgIpc) is 2.54. The first-order chi connectivity index (χ1) is 7.41. The Bertz CT molecular complexity index is 260. The Morgan fingerprint density at radius 3 is 2.69 bits per heavy atom. The molecule has 0 radical (unpaired) electrons. The van der Waals surface area contributed by atoms with E-state index in [1.807, 2.05) is 14.1 Å². The van der Waals surface area contributed by atoms with Gasteiger partial charge in [-0.3, -0.25) is 4.79 Å². The lowest BCUT2D eigenvalue weighted by molar-refractivity contribution is -0.145. The molecule has 0 bridgehead atoms. The minimum Gasteiger partial charge on any atom is -0.480 e. The molecule has 5 heteroatoms. The van der Waals surface area contributed by atoms with Gasteiger partial charge in [-0.15, -0.1) is 0 Å².